The topological polar surface area (TPSA) is 70.2 Å². The lowest BCUT2D eigenvalue weighted by Gasteiger charge is -2.04. The van der Waals surface area contributed by atoms with Crippen molar-refractivity contribution in [3.63, 3.8) is 0 Å². The van der Waals surface area contributed by atoms with Gasteiger partial charge in [0, 0.05) is 28.9 Å². The number of nitro benzene ring substituents is 1. The van der Waals surface area contributed by atoms with Crippen LogP contribution in [0.15, 0.2) is 54.7 Å². The Morgan fingerprint density at radius 2 is 1.91 bits per heavy atom. The van der Waals surface area contributed by atoms with Gasteiger partial charge in [0.25, 0.3) is 5.69 Å². The third kappa shape index (κ3) is 3.32. The predicted octanol–water partition coefficient (Wildman–Crippen LogP) is 4.53. The summed E-state index contributed by atoms with van der Waals surface area (Å²) in [5.74, 6) is 0.891. The molecule has 0 atom stereocenters. The maximum Gasteiger partial charge on any atom is 0.272 e. The summed E-state index contributed by atoms with van der Waals surface area (Å²) >= 11 is 5.86. The van der Waals surface area contributed by atoms with E-state index in [1.165, 1.54) is 6.07 Å². The van der Waals surface area contributed by atoms with Crippen molar-refractivity contribution in [2.24, 2.45) is 0 Å². The zero-order chi connectivity index (χ0) is 16.4. The lowest BCUT2D eigenvalue weighted by Crippen LogP contribution is -1.95. The first-order chi connectivity index (χ1) is 11.0. The highest BCUT2D eigenvalue weighted by Gasteiger charge is 2.11. The van der Waals surface area contributed by atoms with Gasteiger partial charge in [-0.2, -0.15) is 0 Å². The molecule has 1 aromatic heterocycles. The molecule has 6 nitrogen and oxygen atoms in total. The van der Waals surface area contributed by atoms with Gasteiger partial charge in [0.05, 0.1) is 10.6 Å². The molecule has 0 bridgehead atoms. The highest BCUT2D eigenvalue weighted by atomic mass is 35.5. The number of nitrogens with zero attached hydrogens (tertiary/aromatic N) is 3. The van der Waals surface area contributed by atoms with Gasteiger partial charge in [-0.15, -0.1) is 5.10 Å². The standard InChI is InChI=1S/C16H12ClN3O3/c1-11-10-14(6-7-15(11)20(21)22)23-16-8-9-19(18-16)13-4-2-12(17)3-5-13/h2-10H,1H3. The maximum absolute atomic E-state index is 10.8. The fourth-order valence-electron chi connectivity index (χ4n) is 2.12. The molecule has 0 aliphatic rings. The lowest BCUT2D eigenvalue weighted by atomic mass is 10.2. The first kappa shape index (κ1) is 15.1. The largest absolute Gasteiger partial charge is 0.438 e. The Morgan fingerprint density at radius 1 is 1.17 bits per heavy atom. The van der Waals surface area contributed by atoms with E-state index in [4.69, 9.17) is 16.3 Å². The van der Waals surface area contributed by atoms with Crippen LogP contribution in [-0.2, 0) is 0 Å². The Labute approximate surface area is 137 Å². The molecule has 23 heavy (non-hydrogen) atoms. The molecule has 7 heteroatoms. The van der Waals surface area contributed by atoms with Gasteiger partial charge in [-0.3, -0.25) is 10.1 Å². The monoisotopic (exact) mass is 329 g/mol. The van der Waals surface area contributed by atoms with Crippen molar-refractivity contribution in [1.82, 2.24) is 9.78 Å². The second-order valence-electron chi connectivity index (χ2n) is 4.88. The van der Waals surface area contributed by atoms with Crippen LogP contribution in [0.3, 0.4) is 0 Å². The smallest absolute Gasteiger partial charge is 0.272 e. The molecule has 0 fully saturated rings. The van der Waals surface area contributed by atoms with Crippen molar-refractivity contribution < 1.29 is 9.66 Å². The van der Waals surface area contributed by atoms with E-state index < -0.39 is 4.92 Å². The number of benzene rings is 2. The van der Waals surface area contributed by atoms with E-state index in [0.717, 1.165) is 5.69 Å². The Morgan fingerprint density at radius 3 is 2.57 bits per heavy atom. The van der Waals surface area contributed by atoms with Crippen molar-refractivity contribution in [3.05, 3.63) is 75.4 Å². The quantitative estimate of drug-likeness (QED) is 0.520. The van der Waals surface area contributed by atoms with Gasteiger partial charge in [0.2, 0.25) is 5.88 Å². The number of ether oxygens (including phenoxy) is 1. The van der Waals surface area contributed by atoms with E-state index >= 15 is 0 Å². The molecule has 0 N–H and O–H groups in total. The van der Waals surface area contributed by atoms with Crippen molar-refractivity contribution in [2.75, 3.05) is 0 Å². The first-order valence-corrected chi connectivity index (χ1v) is 7.15. The van der Waals surface area contributed by atoms with Gasteiger partial charge in [0.15, 0.2) is 0 Å². The third-order valence-corrected chi connectivity index (χ3v) is 3.50. The molecule has 0 saturated heterocycles. The molecule has 0 unspecified atom stereocenters. The Kier molecular flexibility index (Phi) is 3.99. The summed E-state index contributed by atoms with van der Waals surface area (Å²) < 4.78 is 7.30. The van der Waals surface area contributed by atoms with Crippen LogP contribution in [0.1, 0.15) is 5.56 Å². The molecule has 3 rings (SSSR count). The molecular formula is C16H12ClN3O3. The van der Waals surface area contributed by atoms with E-state index in [9.17, 15) is 10.1 Å². The molecule has 0 amide bonds. The summed E-state index contributed by atoms with van der Waals surface area (Å²) in [6.45, 7) is 1.66. The molecule has 0 aliphatic carbocycles. The van der Waals surface area contributed by atoms with Gasteiger partial charge in [-0.25, -0.2) is 4.68 Å². The minimum Gasteiger partial charge on any atom is -0.438 e. The zero-order valence-electron chi connectivity index (χ0n) is 12.1. The number of rotatable bonds is 4. The zero-order valence-corrected chi connectivity index (χ0v) is 12.9. The van der Waals surface area contributed by atoms with Crippen LogP contribution >= 0.6 is 11.6 Å². The minimum atomic E-state index is -0.422. The van der Waals surface area contributed by atoms with Crippen molar-refractivity contribution in [3.8, 4) is 17.3 Å². The highest BCUT2D eigenvalue weighted by Crippen LogP contribution is 2.26. The van der Waals surface area contributed by atoms with E-state index in [2.05, 4.69) is 5.10 Å². The Bertz CT molecular complexity index is 859. The fraction of sp³-hybridized carbons (Fsp3) is 0.0625. The minimum absolute atomic E-state index is 0.0593. The average Bonchev–Trinajstić information content (AvgIpc) is 2.96. The molecule has 0 aliphatic heterocycles. The average molecular weight is 330 g/mol. The van der Waals surface area contributed by atoms with Crippen LogP contribution in [0.25, 0.3) is 5.69 Å². The second kappa shape index (κ2) is 6.10. The summed E-state index contributed by atoms with van der Waals surface area (Å²) in [5.41, 5.74) is 1.44. The maximum atomic E-state index is 10.8. The van der Waals surface area contributed by atoms with Gasteiger partial charge in [-0.05, 0) is 43.3 Å². The van der Waals surface area contributed by atoms with Crippen LogP contribution in [0.4, 0.5) is 5.69 Å². The van der Waals surface area contributed by atoms with Crippen LogP contribution < -0.4 is 4.74 Å². The molecule has 3 aromatic rings. The molecular weight excluding hydrogens is 318 g/mol. The number of nitro groups is 1. The molecule has 116 valence electrons. The number of aromatic nitrogens is 2. The molecule has 0 radical (unpaired) electrons. The van der Waals surface area contributed by atoms with E-state index in [1.807, 2.05) is 12.1 Å². The van der Waals surface area contributed by atoms with Gasteiger partial charge < -0.3 is 4.74 Å². The Balaban J connectivity index is 1.80. The second-order valence-corrected chi connectivity index (χ2v) is 5.32. The normalized spacial score (nSPS) is 10.5. The molecule has 2 aromatic carbocycles. The first-order valence-electron chi connectivity index (χ1n) is 6.77. The Hall–Kier alpha value is -2.86. The number of hydrogen-bond acceptors (Lipinski definition) is 4. The summed E-state index contributed by atoms with van der Waals surface area (Å²) in [6.07, 6.45) is 1.76. The van der Waals surface area contributed by atoms with E-state index in [-0.39, 0.29) is 5.69 Å². The molecule has 0 saturated carbocycles. The summed E-state index contributed by atoms with van der Waals surface area (Å²) in [6, 6.07) is 13.5. The molecule has 1 heterocycles. The van der Waals surface area contributed by atoms with E-state index in [1.54, 1.807) is 48.1 Å². The van der Waals surface area contributed by atoms with Crippen LogP contribution in [-0.4, -0.2) is 14.7 Å². The summed E-state index contributed by atoms with van der Waals surface area (Å²) in [7, 11) is 0. The highest BCUT2D eigenvalue weighted by molar-refractivity contribution is 6.30. The number of hydrogen-bond donors (Lipinski definition) is 0. The molecule has 0 spiro atoms. The SMILES string of the molecule is Cc1cc(Oc2ccn(-c3ccc(Cl)cc3)n2)ccc1[N+](=O)[O-]. The van der Waals surface area contributed by atoms with Crippen LogP contribution in [0, 0.1) is 17.0 Å². The van der Waals surface area contributed by atoms with Crippen LogP contribution in [0.2, 0.25) is 5.02 Å². The lowest BCUT2D eigenvalue weighted by molar-refractivity contribution is -0.385. The fourth-order valence-corrected chi connectivity index (χ4v) is 2.24. The number of aryl methyl sites for hydroxylation is 1. The van der Waals surface area contributed by atoms with Crippen molar-refractivity contribution in [1.29, 1.82) is 0 Å². The summed E-state index contributed by atoms with van der Waals surface area (Å²) in [4.78, 5) is 10.4. The van der Waals surface area contributed by atoms with Gasteiger partial charge in [-0.1, -0.05) is 11.6 Å². The third-order valence-electron chi connectivity index (χ3n) is 3.24. The van der Waals surface area contributed by atoms with E-state index in [0.29, 0.717) is 22.2 Å². The number of halogens is 1. The van der Waals surface area contributed by atoms with Gasteiger partial charge >= 0.3 is 0 Å². The van der Waals surface area contributed by atoms with Crippen molar-refractivity contribution in [2.45, 2.75) is 6.92 Å². The van der Waals surface area contributed by atoms with Crippen LogP contribution in [0.5, 0.6) is 11.6 Å². The van der Waals surface area contributed by atoms with Crippen molar-refractivity contribution >= 4 is 17.3 Å². The van der Waals surface area contributed by atoms with Gasteiger partial charge in [0.1, 0.15) is 5.75 Å². The summed E-state index contributed by atoms with van der Waals surface area (Å²) in [5, 5.41) is 15.8. The predicted molar refractivity (Wildman–Crippen MR) is 86.5 cm³/mol.